The van der Waals surface area contributed by atoms with Gasteiger partial charge >= 0.3 is 6.61 Å². The number of amides is 1. The molecule has 4 aromatic rings. The fourth-order valence-corrected chi connectivity index (χ4v) is 5.31. The van der Waals surface area contributed by atoms with Gasteiger partial charge in [-0.3, -0.25) is 4.79 Å². The summed E-state index contributed by atoms with van der Waals surface area (Å²) in [5, 5.41) is 2.74. The van der Waals surface area contributed by atoms with Gasteiger partial charge in [-0.2, -0.15) is 8.78 Å². The Morgan fingerprint density at radius 2 is 1.79 bits per heavy atom. The number of benzene rings is 3. The molecule has 0 bridgehead atoms. The quantitative estimate of drug-likeness (QED) is 0.122. The van der Waals surface area contributed by atoms with Crippen LogP contribution < -0.4 is 14.8 Å². The van der Waals surface area contributed by atoms with Gasteiger partial charge in [0.2, 0.25) is 5.91 Å². The van der Waals surface area contributed by atoms with Crippen LogP contribution in [0.15, 0.2) is 90.2 Å². The molecule has 10 heteroatoms. The van der Waals surface area contributed by atoms with Gasteiger partial charge < -0.3 is 23.9 Å². The van der Waals surface area contributed by atoms with Crippen LogP contribution in [-0.4, -0.2) is 33.2 Å². The molecular formula is C32H33F2N3O4S. The summed E-state index contributed by atoms with van der Waals surface area (Å²) in [4.78, 5) is 17.4. The van der Waals surface area contributed by atoms with Crippen molar-refractivity contribution in [2.24, 2.45) is 0 Å². The van der Waals surface area contributed by atoms with E-state index in [1.54, 1.807) is 48.9 Å². The van der Waals surface area contributed by atoms with Crippen LogP contribution in [0.5, 0.6) is 11.5 Å². The van der Waals surface area contributed by atoms with E-state index in [0.29, 0.717) is 28.5 Å². The van der Waals surface area contributed by atoms with E-state index in [4.69, 9.17) is 4.74 Å². The van der Waals surface area contributed by atoms with Crippen molar-refractivity contribution < 1.29 is 27.6 Å². The summed E-state index contributed by atoms with van der Waals surface area (Å²) in [6.45, 7) is 2.52. The number of ether oxygens (including phenoxy) is 2. The van der Waals surface area contributed by atoms with Crippen LogP contribution in [0, 0.1) is 0 Å². The second-order valence-electron chi connectivity index (χ2n) is 9.42. The maximum atomic E-state index is 13.0. The molecule has 42 heavy (non-hydrogen) atoms. The van der Waals surface area contributed by atoms with Crippen LogP contribution in [0.1, 0.15) is 37.9 Å². The maximum absolute atomic E-state index is 13.0. The standard InChI is InChI=1S/C32H33F2N3O4S/c1-3-17-37-22-35-20-27(37)21-42(39)29-13-9-26(10-14-29)36-31(38)16-8-25-19-24(7-15-30(25)41-32(33)34)23-5-11-28(12-6-23)40-18-4-2/h5-16,19-20,22,32H,3-4,17-18,21H2,1-2H3,(H,36,38)/b16-8+/t42-/m0/s1. The molecule has 0 unspecified atom stereocenters. The number of nitrogens with one attached hydrogen (secondary N) is 1. The zero-order valence-corrected chi connectivity index (χ0v) is 24.3. The van der Waals surface area contributed by atoms with Gasteiger partial charge in [-0.05, 0) is 89.8 Å². The zero-order valence-electron chi connectivity index (χ0n) is 23.5. The summed E-state index contributed by atoms with van der Waals surface area (Å²) in [6.07, 6.45) is 7.99. The molecule has 0 radical (unpaired) electrons. The van der Waals surface area contributed by atoms with E-state index in [0.717, 1.165) is 42.0 Å². The SMILES string of the molecule is CCCOc1ccc(-c2ccc(OC(F)F)c(/C=C/C(=O)Nc3ccc([S@@+]([O-])Cc4cncn4CCC)cc3)c2)cc1. The summed E-state index contributed by atoms with van der Waals surface area (Å²) in [5.41, 5.74) is 3.34. The van der Waals surface area contributed by atoms with Crippen molar-refractivity contribution in [1.82, 2.24) is 9.55 Å². The number of halogens is 2. The smallest absolute Gasteiger partial charge is 0.387 e. The van der Waals surface area contributed by atoms with Crippen LogP contribution in [0.4, 0.5) is 14.5 Å². The van der Waals surface area contributed by atoms with Crippen LogP contribution in [0.25, 0.3) is 17.2 Å². The number of imidazole rings is 1. The first kappa shape index (κ1) is 30.8. The molecule has 3 aromatic carbocycles. The first-order chi connectivity index (χ1) is 20.4. The van der Waals surface area contributed by atoms with E-state index in [9.17, 15) is 18.1 Å². The highest BCUT2D eigenvalue weighted by Crippen LogP contribution is 2.30. The molecule has 4 rings (SSSR count). The lowest BCUT2D eigenvalue weighted by Crippen LogP contribution is -2.11. The topological polar surface area (TPSA) is 88.4 Å². The van der Waals surface area contributed by atoms with Gasteiger partial charge in [-0.25, -0.2) is 4.98 Å². The summed E-state index contributed by atoms with van der Waals surface area (Å²) >= 11 is -1.27. The molecule has 0 spiro atoms. The molecular weight excluding hydrogens is 560 g/mol. The largest absolute Gasteiger partial charge is 0.611 e. The third-order valence-electron chi connectivity index (χ3n) is 6.23. The normalized spacial score (nSPS) is 12.0. The number of rotatable bonds is 14. The van der Waals surface area contributed by atoms with Crippen LogP contribution in [-0.2, 0) is 28.3 Å². The second kappa shape index (κ2) is 15.2. The van der Waals surface area contributed by atoms with E-state index >= 15 is 0 Å². The summed E-state index contributed by atoms with van der Waals surface area (Å²) in [7, 11) is 0. The molecule has 1 heterocycles. The monoisotopic (exact) mass is 593 g/mol. The van der Waals surface area contributed by atoms with Gasteiger partial charge in [0.25, 0.3) is 0 Å². The number of hydrogen-bond acceptors (Lipinski definition) is 5. The Morgan fingerprint density at radius 3 is 2.48 bits per heavy atom. The van der Waals surface area contributed by atoms with Gasteiger partial charge in [0.15, 0.2) is 10.6 Å². The number of alkyl halides is 2. The van der Waals surface area contributed by atoms with Crippen LogP contribution >= 0.6 is 0 Å². The van der Waals surface area contributed by atoms with Gasteiger partial charge in [-0.15, -0.1) is 0 Å². The average molecular weight is 594 g/mol. The molecule has 0 aliphatic heterocycles. The highest BCUT2D eigenvalue weighted by Gasteiger charge is 2.15. The van der Waals surface area contributed by atoms with Crippen molar-refractivity contribution in [3.63, 3.8) is 0 Å². The minimum atomic E-state index is -3.01. The lowest BCUT2D eigenvalue weighted by Gasteiger charge is -2.12. The summed E-state index contributed by atoms with van der Waals surface area (Å²) in [5.74, 6) is 0.576. The van der Waals surface area contributed by atoms with Crippen molar-refractivity contribution in [3.8, 4) is 22.6 Å². The Kier molecular flexibility index (Phi) is 11.1. The molecule has 0 aliphatic rings. The molecule has 0 fully saturated rings. The Labute approximate surface area is 247 Å². The van der Waals surface area contributed by atoms with E-state index in [2.05, 4.69) is 22.0 Å². The number of anilines is 1. The molecule has 1 amide bonds. The Bertz CT molecular complexity index is 1470. The van der Waals surface area contributed by atoms with Crippen molar-refractivity contribution in [3.05, 3.63) is 96.6 Å². The number of carbonyl (C=O) groups excluding carboxylic acids is 1. The summed E-state index contributed by atoms with van der Waals surface area (Å²) < 4.78 is 51.2. The van der Waals surface area contributed by atoms with E-state index in [1.165, 1.54) is 18.2 Å². The molecule has 0 aliphatic carbocycles. The number of nitrogens with zero attached hydrogens (tertiary/aromatic N) is 2. The predicted octanol–water partition coefficient (Wildman–Crippen LogP) is 7.31. The van der Waals surface area contributed by atoms with Crippen molar-refractivity contribution in [2.75, 3.05) is 11.9 Å². The minimum Gasteiger partial charge on any atom is -0.611 e. The Hall–Kier alpha value is -4.15. The Balaban J connectivity index is 1.43. The number of aryl methyl sites for hydroxylation is 1. The second-order valence-corrected chi connectivity index (χ2v) is 10.9. The number of aromatic nitrogens is 2. The molecule has 220 valence electrons. The van der Waals surface area contributed by atoms with Crippen molar-refractivity contribution >= 4 is 28.8 Å². The average Bonchev–Trinajstić information content (AvgIpc) is 3.42. The minimum absolute atomic E-state index is 0.0483. The molecule has 1 N–H and O–H groups in total. The number of carbonyl (C=O) groups is 1. The fourth-order valence-electron chi connectivity index (χ4n) is 4.19. The summed E-state index contributed by atoms with van der Waals surface area (Å²) in [6, 6.07) is 19.0. The third kappa shape index (κ3) is 8.67. The first-order valence-electron chi connectivity index (χ1n) is 13.6. The highest BCUT2D eigenvalue weighted by molar-refractivity contribution is 7.90. The van der Waals surface area contributed by atoms with Gasteiger partial charge in [0, 0.05) is 23.9 Å². The predicted molar refractivity (Wildman–Crippen MR) is 161 cm³/mol. The van der Waals surface area contributed by atoms with Crippen LogP contribution in [0.3, 0.4) is 0 Å². The Morgan fingerprint density at radius 1 is 1.05 bits per heavy atom. The lowest BCUT2D eigenvalue weighted by atomic mass is 10.0. The van der Waals surface area contributed by atoms with Crippen LogP contribution in [0.2, 0.25) is 0 Å². The van der Waals surface area contributed by atoms with Crippen molar-refractivity contribution in [2.45, 2.75) is 50.5 Å². The van der Waals surface area contributed by atoms with Gasteiger partial charge in [0.05, 0.1) is 24.8 Å². The van der Waals surface area contributed by atoms with Gasteiger partial charge in [0.1, 0.15) is 11.5 Å². The molecule has 7 nitrogen and oxygen atoms in total. The maximum Gasteiger partial charge on any atom is 0.387 e. The molecule has 1 atom stereocenters. The van der Waals surface area contributed by atoms with Crippen molar-refractivity contribution in [1.29, 1.82) is 0 Å². The molecule has 0 saturated heterocycles. The molecule has 0 saturated carbocycles. The zero-order chi connectivity index (χ0) is 29.9. The lowest BCUT2D eigenvalue weighted by molar-refractivity contribution is -0.111. The fraction of sp³-hybridized carbons (Fsp3) is 0.250. The van der Waals surface area contributed by atoms with E-state index < -0.39 is 23.7 Å². The first-order valence-corrected chi connectivity index (χ1v) is 15.0. The molecule has 1 aromatic heterocycles. The van der Waals surface area contributed by atoms with E-state index in [1.807, 2.05) is 35.8 Å². The van der Waals surface area contributed by atoms with Gasteiger partial charge in [-0.1, -0.05) is 32.0 Å². The number of hydrogen-bond donors (Lipinski definition) is 1. The van der Waals surface area contributed by atoms with E-state index in [-0.39, 0.29) is 5.75 Å². The third-order valence-corrected chi connectivity index (χ3v) is 7.58. The highest BCUT2D eigenvalue weighted by atomic mass is 32.2.